The van der Waals surface area contributed by atoms with Crippen LogP contribution in [0.1, 0.15) is 5.56 Å². The van der Waals surface area contributed by atoms with E-state index in [1.165, 1.54) is 16.2 Å². The molecule has 0 radical (unpaired) electrons. The Bertz CT molecular complexity index is 2710. The van der Waals surface area contributed by atoms with Gasteiger partial charge in [-0.3, -0.25) is 0 Å². The maximum Gasteiger partial charge on any atom is 0.214 e. The molecule has 0 bridgehead atoms. The number of nitrogens with zero attached hydrogens (tertiary/aromatic N) is 4. The zero-order valence-electron chi connectivity index (χ0n) is 23.5. The number of fused-ring (bicyclic) bond motifs is 10. The summed E-state index contributed by atoms with van der Waals surface area (Å²) >= 11 is 0. The molecule has 0 aliphatic rings. The normalized spacial score (nSPS) is 11.6. The topological polar surface area (TPSA) is 38.0 Å². The average molecular weight is 559 g/mol. The van der Waals surface area contributed by atoms with Crippen LogP contribution in [0.4, 0.5) is 5.69 Å². The van der Waals surface area contributed by atoms with E-state index in [0.29, 0.717) is 16.9 Å². The second-order valence-corrected chi connectivity index (χ2v) is 11.2. The van der Waals surface area contributed by atoms with Gasteiger partial charge in [0.1, 0.15) is 6.07 Å². The van der Waals surface area contributed by atoms with E-state index in [4.69, 9.17) is 6.57 Å². The van der Waals surface area contributed by atoms with Crippen molar-refractivity contribution in [2.24, 2.45) is 0 Å². The average Bonchev–Trinajstić information content (AvgIpc) is 3.61. The predicted molar refractivity (Wildman–Crippen MR) is 181 cm³/mol. The van der Waals surface area contributed by atoms with Gasteiger partial charge >= 0.3 is 0 Å². The number of rotatable bonds is 2. The van der Waals surface area contributed by atoms with Crippen LogP contribution in [0.5, 0.6) is 0 Å². The first-order chi connectivity index (χ1) is 21.8. The van der Waals surface area contributed by atoms with E-state index in [1.54, 1.807) is 0 Å². The molecule has 0 fully saturated rings. The van der Waals surface area contributed by atoms with Gasteiger partial charge in [0, 0.05) is 27.2 Å². The van der Waals surface area contributed by atoms with Gasteiger partial charge in [0.05, 0.1) is 39.9 Å². The standard InChI is InChI=1S/C40H22N4/c1-42-33-23-28(43-34-16-8-6-14-31(34)38-29-12-4-2-10-25(29)18-20-36(38)43)22-27(24-41)40(33)44-35-17-9-7-15-32(35)39-30-13-5-3-11-26(30)19-21-37(39)44/h2-23H. The second kappa shape index (κ2) is 9.07. The predicted octanol–water partition coefficient (Wildman–Crippen LogP) is 10.6. The Kier molecular flexibility index (Phi) is 5.00. The third-order valence-electron chi connectivity index (χ3n) is 8.92. The third-order valence-corrected chi connectivity index (χ3v) is 8.92. The van der Waals surface area contributed by atoms with Crippen molar-refractivity contribution in [3.8, 4) is 17.4 Å². The summed E-state index contributed by atoms with van der Waals surface area (Å²) in [6.07, 6.45) is 0. The summed E-state index contributed by atoms with van der Waals surface area (Å²) in [5, 5.41) is 19.9. The highest BCUT2D eigenvalue weighted by molar-refractivity contribution is 6.22. The van der Waals surface area contributed by atoms with Crippen molar-refractivity contribution >= 4 is 70.8 Å². The third kappa shape index (κ3) is 3.20. The fourth-order valence-electron chi connectivity index (χ4n) is 7.14. The lowest BCUT2D eigenvalue weighted by Gasteiger charge is -2.16. The van der Waals surface area contributed by atoms with Crippen LogP contribution in [0.25, 0.3) is 81.4 Å². The number of aromatic nitrogens is 2. The summed E-state index contributed by atoms with van der Waals surface area (Å²) < 4.78 is 4.29. The van der Waals surface area contributed by atoms with Crippen molar-refractivity contribution in [2.45, 2.75) is 0 Å². The van der Waals surface area contributed by atoms with E-state index in [1.807, 2.05) is 36.4 Å². The van der Waals surface area contributed by atoms with Gasteiger partial charge in [0.15, 0.2) is 0 Å². The molecule has 0 amide bonds. The molecule has 4 nitrogen and oxygen atoms in total. The van der Waals surface area contributed by atoms with Crippen molar-refractivity contribution in [2.75, 3.05) is 0 Å². The minimum atomic E-state index is 0.432. The number of hydrogen-bond donors (Lipinski definition) is 0. The molecule has 9 aromatic rings. The van der Waals surface area contributed by atoms with Crippen molar-refractivity contribution < 1.29 is 0 Å². The van der Waals surface area contributed by atoms with Crippen molar-refractivity contribution in [3.05, 3.63) is 150 Å². The smallest absolute Gasteiger partial charge is 0.214 e. The zero-order valence-corrected chi connectivity index (χ0v) is 23.5. The molecule has 2 aromatic heterocycles. The molecule has 0 N–H and O–H groups in total. The Hall–Kier alpha value is -6.36. The van der Waals surface area contributed by atoms with Gasteiger partial charge in [0.25, 0.3) is 0 Å². The molecule has 4 heteroatoms. The lowest BCUT2D eigenvalue weighted by molar-refractivity contribution is 1.14. The minimum absolute atomic E-state index is 0.432. The molecule has 0 spiro atoms. The highest BCUT2D eigenvalue weighted by Crippen LogP contribution is 2.43. The van der Waals surface area contributed by atoms with Gasteiger partial charge in [-0.15, -0.1) is 0 Å². The van der Waals surface area contributed by atoms with Crippen LogP contribution < -0.4 is 0 Å². The molecule has 202 valence electrons. The van der Waals surface area contributed by atoms with Crippen LogP contribution in [0.15, 0.2) is 133 Å². The molecular weight excluding hydrogens is 536 g/mol. The lowest BCUT2D eigenvalue weighted by Crippen LogP contribution is -2.01. The Morgan fingerprint density at radius 1 is 0.523 bits per heavy atom. The first kappa shape index (κ1) is 24.3. The van der Waals surface area contributed by atoms with Gasteiger partial charge in [-0.2, -0.15) is 5.26 Å². The van der Waals surface area contributed by atoms with Gasteiger partial charge in [-0.1, -0.05) is 97.1 Å². The summed E-state index contributed by atoms with van der Waals surface area (Å²) in [6.45, 7) is 8.35. The number of para-hydroxylation sites is 2. The summed E-state index contributed by atoms with van der Waals surface area (Å²) in [4.78, 5) is 4.06. The van der Waals surface area contributed by atoms with E-state index in [2.05, 4.69) is 117 Å². The molecule has 0 unspecified atom stereocenters. The maximum absolute atomic E-state index is 10.7. The van der Waals surface area contributed by atoms with Crippen LogP contribution in [0.3, 0.4) is 0 Å². The highest BCUT2D eigenvalue weighted by Gasteiger charge is 2.22. The molecule has 0 saturated heterocycles. The monoisotopic (exact) mass is 558 g/mol. The minimum Gasteiger partial charge on any atom is -0.318 e. The molecule has 2 heterocycles. The molecule has 0 saturated carbocycles. The number of hydrogen-bond acceptors (Lipinski definition) is 1. The summed E-state index contributed by atoms with van der Waals surface area (Å²) in [5.74, 6) is 0. The van der Waals surface area contributed by atoms with Crippen LogP contribution in [-0.4, -0.2) is 9.13 Å². The van der Waals surface area contributed by atoms with E-state index >= 15 is 0 Å². The van der Waals surface area contributed by atoms with Crippen molar-refractivity contribution in [1.29, 1.82) is 5.26 Å². The molecule has 44 heavy (non-hydrogen) atoms. The Balaban J connectivity index is 1.40. The largest absolute Gasteiger partial charge is 0.318 e. The fraction of sp³-hybridized carbons (Fsp3) is 0. The van der Waals surface area contributed by atoms with Crippen LogP contribution in [-0.2, 0) is 0 Å². The van der Waals surface area contributed by atoms with Crippen LogP contribution in [0, 0.1) is 17.9 Å². The van der Waals surface area contributed by atoms with Crippen LogP contribution in [0.2, 0.25) is 0 Å². The Morgan fingerprint density at radius 3 is 1.59 bits per heavy atom. The first-order valence-electron chi connectivity index (χ1n) is 14.5. The maximum atomic E-state index is 10.7. The molecule has 9 rings (SSSR count). The summed E-state index contributed by atoms with van der Waals surface area (Å²) in [6, 6.07) is 48.3. The molecule has 0 aliphatic heterocycles. The van der Waals surface area contributed by atoms with E-state index in [0.717, 1.165) is 54.7 Å². The van der Waals surface area contributed by atoms with Gasteiger partial charge in [0.2, 0.25) is 5.69 Å². The molecule has 0 atom stereocenters. The number of benzene rings is 7. The lowest BCUT2D eigenvalue weighted by atomic mass is 10.0. The van der Waals surface area contributed by atoms with Gasteiger partial charge in [-0.05, 0) is 57.9 Å². The van der Waals surface area contributed by atoms with E-state index in [-0.39, 0.29) is 0 Å². The molecular formula is C40H22N4. The first-order valence-corrected chi connectivity index (χ1v) is 14.5. The summed E-state index contributed by atoms with van der Waals surface area (Å²) in [7, 11) is 0. The van der Waals surface area contributed by atoms with Crippen molar-refractivity contribution in [3.63, 3.8) is 0 Å². The van der Waals surface area contributed by atoms with Crippen LogP contribution >= 0.6 is 0 Å². The zero-order chi connectivity index (χ0) is 29.4. The second-order valence-electron chi connectivity index (χ2n) is 11.2. The van der Waals surface area contributed by atoms with E-state index < -0.39 is 0 Å². The van der Waals surface area contributed by atoms with Gasteiger partial charge in [-0.25, -0.2) is 4.85 Å². The Labute approximate surface area is 252 Å². The van der Waals surface area contributed by atoms with E-state index in [9.17, 15) is 5.26 Å². The van der Waals surface area contributed by atoms with Crippen molar-refractivity contribution in [1.82, 2.24) is 9.13 Å². The van der Waals surface area contributed by atoms with Gasteiger partial charge < -0.3 is 9.13 Å². The molecule has 0 aliphatic carbocycles. The number of nitriles is 1. The Morgan fingerprint density at radius 2 is 1.02 bits per heavy atom. The quantitative estimate of drug-likeness (QED) is 0.195. The summed E-state index contributed by atoms with van der Waals surface area (Å²) in [5.41, 5.74) is 6.31. The SMILES string of the molecule is [C-]#[N+]c1cc(-n2c3ccccc3c3c4ccccc4ccc32)cc(C#N)c1-n1c2ccccc2c2c3ccccc3ccc21. The molecule has 7 aromatic carbocycles. The highest BCUT2D eigenvalue weighted by atomic mass is 15.0. The fourth-order valence-corrected chi connectivity index (χ4v) is 7.14.